The van der Waals surface area contributed by atoms with Crippen molar-refractivity contribution in [3.8, 4) is 12.3 Å². The van der Waals surface area contributed by atoms with Gasteiger partial charge in [0.15, 0.2) is 0 Å². The van der Waals surface area contributed by atoms with Crippen molar-refractivity contribution < 1.29 is 8.42 Å². The molecule has 1 aromatic rings. The van der Waals surface area contributed by atoms with Gasteiger partial charge in [0.1, 0.15) is 0 Å². The maximum absolute atomic E-state index is 12.1. The Bertz CT molecular complexity index is 591. The molecular weight excluding hydrogens is 280 g/mol. The normalized spacial score (nSPS) is 13.6. The molecule has 0 saturated heterocycles. The van der Waals surface area contributed by atoms with Gasteiger partial charge < -0.3 is 5.32 Å². The molecule has 2 N–H and O–H groups in total. The average Bonchev–Trinajstić information content (AvgIpc) is 2.85. The first-order valence-electron chi connectivity index (χ1n) is 6.01. The van der Waals surface area contributed by atoms with Gasteiger partial charge in [-0.2, -0.15) is 0 Å². The smallest absolute Gasteiger partial charge is 0.240 e. The van der Waals surface area contributed by atoms with Gasteiger partial charge in [0.05, 0.1) is 10.6 Å². The van der Waals surface area contributed by atoms with E-state index in [0.29, 0.717) is 22.9 Å². The minimum absolute atomic E-state index is 0.308. The van der Waals surface area contributed by atoms with Crippen molar-refractivity contribution in [1.82, 2.24) is 4.72 Å². The molecule has 0 spiro atoms. The summed E-state index contributed by atoms with van der Waals surface area (Å²) in [6, 6.07) is 5.22. The summed E-state index contributed by atoms with van der Waals surface area (Å²) in [7, 11) is -3.42. The molecular formula is C13H16N2O2S2. The van der Waals surface area contributed by atoms with Gasteiger partial charge >= 0.3 is 0 Å². The van der Waals surface area contributed by atoms with E-state index >= 15 is 0 Å². The highest BCUT2D eigenvalue weighted by Crippen LogP contribution is 2.25. The van der Waals surface area contributed by atoms with Crippen molar-refractivity contribution >= 4 is 27.5 Å². The Balaban J connectivity index is 1.98. The van der Waals surface area contributed by atoms with Gasteiger partial charge in [-0.05, 0) is 24.1 Å². The van der Waals surface area contributed by atoms with Gasteiger partial charge in [0.25, 0.3) is 0 Å². The number of thioether (sulfide) groups is 1. The second-order valence-electron chi connectivity index (χ2n) is 4.15. The van der Waals surface area contributed by atoms with Crippen LogP contribution in [0.4, 0.5) is 5.69 Å². The van der Waals surface area contributed by atoms with Crippen LogP contribution in [-0.2, 0) is 16.4 Å². The highest BCUT2D eigenvalue weighted by Gasteiger charge is 2.17. The van der Waals surface area contributed by atoms with E-state index in [9.17, 15) is 8.42 Å². The topological polar surface area (TPSA) is 58.2 Å². The van der Waals surface area contributed by atoms with Crippen molar-refractivity contribution in [2.75, 3.05) is 29.9 Å². The van der Waals surface area contributed by atoms with Crippen molar-refractivity contribution in [2.24, 2.45) is 0 Å². The van der Waals surface area contributed by atoms with Crippen LogP contribution in [0.2, 0.25) is 0 Å². The van der Waals surface area contributed by atoms with E-state index < -0.39 is 10.0 Å². The first-order valence-corrected chi connectivity index (χ1v) is 8.65. The fraction of sp³-hybridized carbons (Fsp3) is 0.385. The van der Waals surface area contributed by atoms with Crippen LogP contribution in [0.15, 0.2) is 23.1 Å². The number of sulfonamides is 1. The lowest BCUT2D eigenvalue weighted by Gasteiger charge is -2.08. The van der Waals surface area contributed by atoms with Crippen LogP contribution in [0, 0.1) is 12.3 Å². The maximum atomic E-state index is 12.1. The predicted molar refractivity (Wildman–Crippen MR) is 80.0 cm³/mol. The molecule has 0 radical (unpaired) electrons. The van der Waals surface area contributed by atoms with Gasteiger partial charge in [0.2, 0.25) is 10.0 Å². The summed E-state index contributed by atoms with van der Waals surface area (Å²) in [6.45, 7) is 1.26. The van der Waals surface area contributed by atoms with E-state index in [1.54, 1.807) is 12.1 Å². The summed E-state index contributed by atoms with van der Waals surface area (Å²) < 4.78 is 26.7. The summed E-state index contributed by atoms with van der Waals surface area (Å²) in [5, 5.41) is 3.18. The Morgan fingerprint density at radius 1 is 1.47 bits per heavy atom. The Morgan fingerprint density at radius 2 is 2.32 bits per heavy atom. The number of anilines is 1. The number of terminal acetylenes is 1. The average molecular weight is 296 g/mol. The summed E-state index contributed by atoms with van der Waals surface area (Å²) in [6.07, 6.45) is 6.07. The van der Waals surface area contributed by atoms with E-state index in [0.717, 1.165) is 18.7 Å². The van der Waals surface area contributed by atoms with Crippen LogP contribution in [-0.4, -0.2) is 33.0 Å². The standard InChI is InChI=1S/C13H16N2O2S2/c1-2-8-18-9-7-15-19(16,17)12-4-3-11-5-6-14-13(11)10-12/h1,3-4,10,14-15H,5-9H2. The fourth-order valence-electron chi connectivity index (χ4n) is 1.90. The van der Waals surface area contributed by atoms with E-state index in [1.807, 2.05) is 6.07 Å². The minimum atomic E-state index is -3.42. The molecule has 0 amide bonds. The van der Waals surface area contributed by atoms with Gasteiger partial charge in [0, 0.05) is 24.5 Å². The molecule has 0 bridgehead atoms. The van der Waals surface area contributed by atoms with Crippen molar-refractivity contribution in [3.63, 3.8) is 0 Å². The lowest BCUT2D eigenvalue weighted by Crippen LogP contribution is -2.26. The molecule has 0 aliphatic carbocycles. The summed E-state index contributed by atoms with van der Waals surface area (Å²) in [4.78, 5) is 0.308. The van der Waals surface area contributed by atoms with Crippen molar-refractivity contribution in [3.05, 3.63) is 23.8 Å². The third kappa shape index (κ3) is 3.66. The molecule has 0 unspecified atom stereocenters. The molecule has 1 aliphatic heterocycles. The van der Waals surface area contributed by atoms with Crippen molar-refractivity contribution in [1.29, 1.82) is 0 Å². The maximum Gasteiger partial charge on any atom is 0.240 e. The molecule has 0 aromatic heterocycles. The number of hydrogen-bond donors (Lipinski definition) is 2. The van der Waals surface area contributed by atoms with Gasteiger partial charge in [-0.15, -0.1) is 18.2 Å². The van der Waals surface area contributed by atoms with Crippen LogP contribution in [0.5, 0.6) is 0 Å². The zero-order chi connectivity index (χ0) is 13.7. The Morgan fingerprint density at radius 3 is 3.11 bits per heavy atom. The molecule has 102 valence electrons. The van der Waals surface area contributed by atoms with E-state index in [-0.39, 0.29) is 0 Å². The second kappa shape index (κ2) is 6.33. The van der Waals surface area contributed by atoms with Gasteiger partial charge in [-0.3, -0.25) is 0 Å². The molecule has 4 nitrogen and oxygen atoms in total. The Hall–Kier alpha value is -1.16. The number of hydrogen-bond acceptors (Lipinski definition) is 4. The molecule has 1 heterocycles. The number of benzene rings is 1. The van der Waals surface area contributed by atoms with E-state index in [4.69, 9.17) is 6.42 Å². The molecule has 1 aliphatic rings. The molecule has 0 atom stereocenters. The second-order valence-corrected chi connectivity index (χ2v) is 7.02. The van der Waals surface area contributed by atoms with Crippen LogP contribution >= 0.6 is 11.8 Å². The first kappa shape index (κ1) is 14.3. The number of nitrogens with one attached hydrogen (secondary N) is 2. The number of rotatable bonds is 6. The molecule has 1 aromatic carbocycles. The van der Waals surface area contributed by atoms with Crippen LogP contribution in [0.3, 0.4) is 0 Å². The molecule has 0 saturated carbocycles. The van der Waals surface area contributed by atoms with Gasteiger partial charge in [-0.25, -0.2) is 13.1 Å². The van der Waals surface area contributed by atoms with Gasteiger partial charge in [-0.1, -0.05) is 12.0 Å². The first-order chi connectivity index (χ1) is 9.13. The molecule has 19 heavy (non-hydrogen) atoms. The Labute approximate surface area is 118 Å². The van der Waals surface area contributed by atoms with E-state index in [1.165, 1.54) is 17.3 Å². The quantitative estimate of drug-likeness (QED) is 0.614. The monoisotopic (exact) mass is 296 g/mol. The molecule has 6 heteroatoms. The third-order valence-electron chi connectivity index (χ3n) is 2.83. The summed E-state index contributed by atoms with van der Waals surface area (Å²) in [5.74, 6) is 3.78. The zero-order valence-corrected chi connectivity index (χ0v) is 12.1. The SMILES string of the molecule is C#CCSCCNS(=O)(=O)c1ccc2c(c1)NCC2. The van der Waals surface area contributed by atoms with E-state index in [2.05, 4.69) is 16.0 Å². The predicted octanol–water partition coefficient (Wildman–Crippen LogP) is 1.30. The van der Waals surface area contributed by atoms with Crippen LogP contribution in [0.1, 0.15) is 5.56 Å². The lowest BCUT2D eigenvalue weighted by atomic mass is 10.2. The number of fused-ring (bicyclic) bond motifs is 1. The summed E-state index contributed by atoms with van der Waals surface area (Å²) >= 11 is 1.53. The Kier molecular flexibility index (Phi) is 4.75. The van der Waals surface area contributed by atoms with Crippen LogP contribution < -0.4 is 10.0 Å². The highest BCUT2D eigenvalue weighted by molar-refractivity contribution is 7.99. The minimum Gasteiger partial charge on any atom is -0.384 e. The summed E-state index contributed by atoms with van der Waals surface area (Å²) in [5.41, 5.74) is 2.09. The molecule has 2 rings (SSSR count). The lowest BCUT2D eigenvalue weighted by molar-refractivity contribution is 0.584. The fourth-order valence-corrected chi connectivity index (χ4v) is 3.60. The molecule has 0 fully saturated rings. The third-order valence-corrected chi connectivity index (χ3v) is 5.15. The highest BCUT2D eigenvalue weighted by atomic mass is 32.2. The van der Waals surface area contributed by atoms with Crippen molar-refractivity contribution in [2.45, 2.75) is 11.3 Å². The zero-order valence-electron chi connectivity index (χ0n) is 10.5. The van der Waals surface area contributed by atoms with Crippen LogP contribution in [0.25, 0.3) is 0 Å². The largest absolute Gasteiger partial charge is 0.384 e.